The first-order valence-corrected chi connectivity index (χ1v) is 28.9. The van der Waals surface area contributed by atoms with E-state index in [-0.39, 0.29) is 42.4 Å². The summed E-state index contributed by atoms with van der Waals surface area (Å²) in [7, 11) is -16.5. The fraction of sp³-hybridized carbons (Fsp3) is 0.583. The Bertz CT molecular complexity index is 2380. The maximum atomic E-state index is 14.0. The number of nitrogens with zero attached hydrogens (tertiary/aromatic N) is 1. The number of unbranched alkanes of at least 4 members (excludes halogenated alkanes) is 16. The van der Waals surface area contributed by atoms with E-state index in [1.165, 1.54) is 138 Å². The lowest BCUT2D eigenvalue weighted by molar-refractivity contribution is -0.134. The SMILES string of the molecule is CCCCCCCCCCCCCCCCOC(=O)Oc1ccc(COP(=O)(OCc2ccc(OC(=O)CCCCCC)cc2)OP(=O)(O)OP(=O)(O)OC[C@@H]2C=C[C@H](n3cc(C)c(=O)[nH]c3=O)O2)cc1.N.N. The maximum Gasteiger partial charge on any atom is 0.513 e. The number of phosphoric ester groups is 2. The number of hydrogen-bond donors (Lipinski definition) is 5. The summed E-state index contributed by atoms with van der Waals surface area (Å²) < 4.78 is 87.5. The number of aromatic nitrogens is 2. The summed E-state index contributed by atoms with van der Waals surface area (Å²) in [6.45, 7) is 4.11. The van der Waals surface area contributed by atoms with Crippen molar-refractivity contribution in [3.63, 3.8) is 0 Å². The Kier molecular flexibility index (Phi) is 30.7. The van der Waals surface area contributed by atoms with E-state index >= 15 is 0 Å². The number of hydrogen-bond acceptors (Lipinski definition) is 18. The molecule has 1 aromatic heterocycles. The van der Waals surface area contributed by atoms with Crippen molar-refractivity contribution in [1.82, 2.24) is 21.9 Å². The molecule has 1 aliphatic rings. The van der Waals surface area contributed by atoms with Crippen LogP contribution in [0.5, 0.6) is 11.5 Å². The highest BCUT2D eigenvalue weighted by Gasteiger charge is 2.44. The van der Waals surface area contributed by atoms with Crippen molar-refractivity contribution >= 4 is 35.6 Å². The Hall–Kier alpha value is -4.11. The number of aryl methyl sites for hydroxylation is 1. The van der Waals surface area contributed by atoms with Crippen molar-refractivity contribution in [3.05, 3.63) is 104 Å². The van der Waals surface area contributed by atoms with Crippen LogP contribution in [-0.4, -0.2) is 50.8 Å². The van der Waals surface area contributed by atoms with E-state index in [9.17, 15) is 42.7 Å². The number of nitrogens with one attached hydrogen (secondary N) is 1. The first-order chi connectivity index (χ1) is 34.0. The van der Waals surface area contributed by atoms with Gasteiger partial charge in [-0.3, -0.25) is 32.7 Å². The molecule has 25 heteroatoms. The molecule has 73 heavy (non-hydrogen) atoms. The van der Waals surface area contributed by atoms with Gasteiger partial charge in [0.1, 0.15) is 17.6 Å². The van der Waals surface area contributed by atoms with Gasteiger partial charge in [-0.25, -0.2) is 23.3 Å². The number of carbonyl (C=O) groups is 2. The van der Waals surface area contributed by atoms with Gasteiger partial charge in [0, 0.05) is 18.2 Å². The van der Waals surface area contributed by atoms with Gasteiger partial charge in [-0.05, 0) is 61.2 Å². The molecule has 0 spiro atoms. The molecule has 0 fully saturated rings. The van der Waals surface area contributed by atoms with E-state index in [0.717, 1.165) is 43.1 Å². The molecule has 3 unspecified atom stereocenters. The van der Waals surface area contributed by atoms with Gasteiger partial charge in [0.05, 0.1) is 26.4 Å². The molecule has 412 valence electrons. The molecule has 0 saturated heterocycles. The summed E-state index contributed by atoms with van der Waals surface area (Å²) in [4.78, 5) is 71.7. The second-order valence-electron chi connectivity index (χ2n) is 17.2. The van der Waals surface area contributed by atoms with Crippen LogP contribution in [0.3, 0.4) is 0 Å². The fourth-order valence-corrected chi connectivity index (χ4v) is 11.2. The molecule has 0 radical (unpaired) electrons. The van der Waals surface area contributed by atoms with E-state index in [0.29, 0.717) is 24.0 Å². The molecule has 9 N–H and O–H groups in total. The van der Waals surface area contributed by atoms with Crippen LogP contribution in [-0.2, 0) is 63.4 Å². The van der Waals surface area contributed by atoms with E-state index in [2.05, 4.69) is 23.1 Å². The first-order valence-electron chi connectivity index (χ1n) is 24.5. The van der Waals surface area contributed by atoms with Crippen LogP contribution in [0.25, 0.3) is 0 Å². The van der Waals surface area contributed by atoms with Gasteiger partial charge in [-0.2, -0.15) is 8.62 Å². The van der Waals surface area contributed by atoms with Gasteiger partial charge in [-0.1, -0.05) is 147 Å². The average molecular weight is 1090 g/mol. The Balaban J connectivity index is 0.00000913. The lowest BCUT2D eigenvalue weighted by Crippen LogP contribution is -2.33. The van der Waals surface area contributed by atoms with Gasteiger partial charge >= 0.3 is 41.3 Å². The van der Waals surface area contributed by atoms with Crippen molar-refractivity contribution in [2.45, 2.75) is 168 Å². The predicted molar refractivity (Wildman–Crippen MR) is 274 cm³/mol. The number of H-pyrrole nitrogens is 1. The molecular weight excluding hydrogens is 1010 g/mol. The van der Waals surface area contributed by atoms with Crippen LogP contribution < -0.4 is 33.0 Å². The molecule has 4 rings (SSSR count). The summed E-state index contributed by atoms with van der Waals surface area (Å²) in [6.07, 6.45) is 21.8. The lowest BCUT2D eigenvalue weighted by atomic mass is 10.0. The molecule has 5 atom stereocenters. The van der Waals surface area contributed by atoms with E-state index in [1.807, 2.05) is 0 Å². The van der Waals surface area contributed by atoms with Crippen LogP contribution in [0.15, 0.2) is 76.5 Å². The van der Waals surface area contributed by atoms with Gasteiger partial charge < -0.3 is 41.0 Å². The van der Waals surface area contributed by atoms with Gasteiger partial charge in [0.2, 0.25) is 0 Å². The third-order valence-electron chi connectivity index (χ3n) is 11.0. The molecule has 0 saturated carbocycles. The van der Waals surface area contributed by atoms with Crippen LogP contribution >= 0.6 is 23.5 Å². The molecule has 22 nitrogen and oxygen atoms in total. The summed E-state index contributed by atoms with van der Waals surface area (Å²) in [5.74, 6) is -0.0521. The number of carbonyl (C=O) groups excluding carboxylic acids is 2. The zero-order valence-corrected chi connectivity index (χ0v) is 45.1. The molecule has 3 aromatic rings. The quantitative estimate of drug-likeness (QED) is 0.00902. The van der Waals surface area contributed by atoms with Crippen LogP contribution in [0, 0.1) is 6.92 Å². The Morgan fingerprint density at radius 1 is 0.644 bits per heavy atom. The molecule has 2 heterocycles. The third-order valence-corrected chi connectivity index (χ3v) is 15.7. The number of esters is 1. The average Bonchev–Trinajstić information content (AvgIpc) is 3.80. The van der Waals surface area contributed by atoms with E-state index in [4.69, 9.17) is 36.8 Å². The third kappa shape index (κ3) is 26.3. The van der Waals surface area contributed by atoms with Crippen molar-refractivity contribution < 1.29 is 74.2 Å². The van der Waals surface area contributed by atoms with E-state index in [1.54, 1.807) is 0 Å². The predicted octanol–water partition coefficient (Wildman–Crippen LogP) is 12.3. The zero-order valence-electron chi connectivity index (χ0n) is 42.4. The molecule has 0 bridgehead atoms. The van der Waals surface area contributed by atoms with Crippen LogP contribution in [0.4, 0.5) is 4.79 Å². The highest BCUT2D eigenvalue weighted by atomic mass is 31.3. The zero-order chi connectivity index (χ0) is 51.5. The second kappa shape index (κ2) is 34.5. The standard InChI is InChI=1S/C48H71N2O18P3.2H3N/c1-4-6-8-10-11-12-13-14-15-16-17-18-19-21-33-60-48(54)66-42-29-25-40(26-30-42)36-63-71(59,62-35-39-23-27-41(28-24-39)65-45(51)22-20-9-7-5-2)68-70(57,58)67-69(55,56)61-37-43-31-32-44(64-43)50-34-38(3)46(52)49-47(50)53;;/h23-32,34,43-44H,4-22,33,35-37H2,1-3H3,(H,55,56)(H,57,58)(H,49,52,53);2*1H3/t43-,44+,71?;;/m0../s1. The number of benzene rings is 2. The minimum absolute atomic E-state index is 0. The van der Waals surface area contributed by atoms with E-state index < -0.39 is 79.0 Å². The van der Waals surface area contributed by atoms with Crippen molar-refractivity contribution in [3.8, 4) is 11.5 Å². The normalized spacial score (nSPS) is 16.6. The Morgan fingerprint density at radius 2 is 1.14 bits per heavy atom. The lowest BCUT2D eigenvalue weighted by Gasteiger charge is -2.22. The number of ether oxygens (including phenoxy) is 4. The summed E-state index contributed by atoms with van der Waals surface area (Å²) >= 11 is 0. The van der Waals surface area contributed by atoms with Gasteiger partial charge in [-0.15, -0.1) is 0 Å². The van der Waals surface area contributed by atoms with Crippen molar-refractivity contribution in [1.29, 1.82) is 0 Å². The molecular formula is C48H77N4O18P3. The smallest absolute Gasteiger partial charge is 0.434 e. The summed E-state index contributed by atoms with van der Waals surface area (Å²) in [5, 5.41) is 0. The second-order valence-corrected chi connectivity index (χ2v) is 22.0. The van der Waals surface area contributed by atoms with Crippen LogP contribution in [0.1, 0.15) is 159 Å². The van der Waals surface area contributed by atoms with Crippen LogP contribution in [0.2, 0.25) is 0 Å². The fourth-order valence-electron chi connectivity index (χ4n) is 7.14. The van der Waals surface area contributed by atoms with Crippen molar-refractivity contribution in [2.24, 2.45) is 0 Å². The topological polar surface area (TPSA) is 334 Å². The molecule has 0 aliphatic carbocycles. The first kappa shape index (κ1) is 65.0. The number of aromatic amines is 1. The van der Waals surface area contributed by atoms with Gasteiger partial charge in [0.15, 0.2) is 6.23 Å². The number of rotatable bonds is 36. The minimum atomic E-state index is -5.82. The molecule has 1 aliphatic heterocycles. The maximum absolute atomic E-state index is 14.0. The molecule has 2 aromatic carbocycles. The highest BCUT2D eigenvalue weighted by molar-refractivity contribution is 7.67. The largest absolute Gasteiger partial charge is 0.513 e. The molecule has 0 amide bonds. The summed E-state index contributed by atoms with van der Waals surface area (Å²) in [5.41, 5.74) is -0.527. The highest BCUT2D eigenvalue weighted by Crippen LogP contribution is 2.69. The van der Waals surface area contributed by atoms with Crippen molar-refractivity contribution in [2.75, 3.05) is 13.2 Å². The Labute approximate surface area is 427 Å². The Morgan fingerprint density at radius 3 is 1.67 bits per heavy atom. The number of phosphoric acid groups is 3. The van der Waals surface area contributed by atoms with Gasteiger partial charge in [0.25, 0.3) is 5.56 Å². The monoisotopic (exact) mass is 1090 g/mol. The summed E-state index contributed by atoms with van der Waals surface area (Å²) in [6, 6.07) is 11.5. The minimum Gasteiger partial charge on any atom is -0.434 e.